The van der Waals surface area contributed by atoms with Gasteiger partial charge >= 0.3 is 5.97 Å². The smallest absolute Gasteiger partial charge is 0.306 e. The van der Waals surface area contributed by atoms with E-state index in [4.69, 9.17) is 9.47 Å². The number of aromatic amines is 2. The number of nitrogens with zero attached hydrogens (tertiary/aromatic N) is 1. The number of aromatic nitrogens is 3. The van der Waals surface area contributed by atoms with E-state index in [9.17, 15) is 13.6 Å². The molecule has 11 heteroatoms. The highest BCUT2D eigenvalue weighted by molar-refractivity contribution is 7.99. The van der Waals surface area contributed by atoms with Crippen molar-refractivity contribution in [1.82, 2.24) is 15.0 Å². The summed E-state index contributed by atoms with van der Waals surface area (Å²) in [4.78, 5) is 21.9. The van der Waals surface area contributed by atoms with Gasteiger partial charge in [0.2, 0.25) is 0 Å². The van der Waals surface area contributed by atoms with Crippen LogP contribution < -0.4 is 4.74 Å². The summed E-state index contributed by atoms with van der Waals surface area (Å²) >= 11 is 0.665. The van der Waals surface area contributed by atoms with Crippen LogP contribution in [0.3, 0.4) is 0 Å². The first-order valence-corrected chi connectivity index (χ1v) is 14.6. The zero-order valence-electron chi connectivity index (χ0n) is 23.3. The molecule has 3 heterocycles. The Labute approximate surface area is 248 Å². The lowest BCUT2D eigenvalue weighted by molar-refractivity contribution is -0.143. The van der Waals surface area contributed by atoms with Crippen LogP contribution in [0, 0.1) is 23.3 Å². The van der Waals surface area contributed by atoms with Gasteiger partial charge in [-0.1, -0.05) is 30.0 Å². The quantitative estimate of drug-likeness (QED) is 0.106. The van der Waals surface area contributed by atoms with Gasteiger partial charge in [-0.2, -0.15) is 0 Å². The molecule has 0 aliphatic carbocycles. The molecule has 0 radical (unpaired) electrons. The highest BCUT2D eigenvalue weighted by atomic mass is 32.2. The third-order valence-corrected chi connectivity index (χ3v) is 8.87. The van der Waals surface area contributed by atoms with E-state index in [1.807, 2.05) is 25.1 Å². The molecule has 0 unspecified atom stereocenters. The first-order valence-electron chi connectivity index (χ1n) is 13.8. The first kappa shape index (κ1) is 28.9. The maximum Gasteiger partial charge on any atom is 0.306 e. The second kappa shape index (κ2) is 11.4. The average Bonchev–Trinajstić information content (AvgIpc) is 3.70. The molecule has 222 valence electrons. The number of benzene rings is 3. The zero-order chi connectivity index (χ0) is 30.3. The number of ether oxygens (including phenoxy) is 2. The molecule has 2 N–H and O–H groups in total. The number of nitrogens with one attached hydrogen (secondary N) is 2. The number of para-hydroxylation sites is 1. The number of H-pyrrole nitrogens is 2. The molecular formula is C32H27F4N3O3S. The van der Waals surface area contributed by atoms with Crippen molar-refractivity contribution in [2.75, 3.05) is 13.2 Å². The van der Waals surface area contributed by atoms with Crippen LogP contribution in [-0.4, -0.2) is 34.1 Å². The van der Waals surface area contributed by atoms with E-state index >= 15 is 8.78 Å². The van der Waals surface area contributed by atoms with E-state index in [1.54, 1.807) is 13.1 Å². The molecule has 0 amide bonds. The Bertz CT molecular complexity index is 1850. The Morgan fingerprint density at radius 1 is 1.12 bits per heavy atom. The van der Waals surface area contributed by atoms with E-state index in [0.29, 0.717) is 48.5 Å². The Morgan fingerprint density at radius 3 is 2.77 bits per heavy atom. The largest absolute Gasteiger partial charge is 0.493 e. The number of carbonyl (C=O) groups is 1. The number of rotatable bonds is 8. The summed E-state index contributed by atoms with van der Waals surface area (Å²) in [5.41, 5.74) is 1.81. The molecular weight excluding hydrogens is 582 g/mol. The molecule has 0 spiro atoms. The van der Waals surface area contributed by atoms with Gasteiger partial charge in [0, 0.05) is 45.8 Å². The van der Waals surface area contributed by atoms with Crippen molar-refractivity contribution in [3.05, 3.63) is 94.9 Å². The Balaban J connectivity index is 1.31. The van der Waals surface area contributed by atoms with E-state index < -0.39 is 33.6 Å². The van der Waals surface area contributed by atoms with Gasteiger partial charge < -0.3 is 19.4 Å². The Kier molecular flexibility index (Phi) is 7.68. The van der Waals surface area contributed by atoms with Crippen LogP contribution >= 0.6 is 11.8 Å². The van der Waals surface area contributed by atoms with Gasteiger partial charge in [0.1, 0.15) is 23.2 Å². The maximum atomic E-state index is 15.1. The van der Waals surface area contributed by atoms with Gasteiger partial charge in [0.15, 0.2) is 11.6 Å². The lowest BCUT2D eigenvalue weighted by Gasteiger charge is -2.36. The number of hydrogen-bond donors (Lipinski definition) is 2. The van der Waals surface area contributed by atoms with Crippen molar-refractivity contribution in [3.8, 4) is 17.1 Å². The highest BCUT2D eigenvalue weighted by Gasteiger charge is 2.38. The highest BCUT2D eigenvalue weighted by Crippen LogP contribution is 2.45. The van der Waals surface area contributed by atoms with Crippen molar-refractivity contribution in [2.24, 2.45) is 0 Å². The summed E-state index contributed by atoms with van der Waals surface area (Å²) in [6.07, 6.45) is 4.28. The van der Waals surface area contributed by atoms with Crippen molar-refractivity contribution in [2.45, 2.75) is 48.3 Å². The lowest BCUT2D eigenvalue weighted by atomic mass is 9.74. The van der Waals surface area contributed by atoms with E-state index in [2.05, 4.69) is 15.0 Å². The van der Waals surface area contributed by atoms with Gasteiger partial charge in [0.25, 0.3) is 0 Å². The molecule has 5 aromatic rings. The fraction of sp³-hybridized carbons (Fsp3) is 0.250. The average molecular weight is 610 g/mol. The predicted molar refractivity (Wildman–Crippen MR) is 154 cm³/mol. The van der Waals surface area contributed by atoms with E-state index in [0.717, 1.165) is 16.8 Å². The minimum absolute atomic E-state index is 0.0755. The summed E-state index contributed by atoms with van der Waals surface area (Å²) < 4.78 is 70.6. The molecule has 1 aliphatic rings. The van der Waals surface area contributed by atoms with Crippen molar-refractivity contribution >= 4 is 28.6 Å². The normalized spacial score (nSPS) is 16.2. The second-order valence-corrected chi connectivity index (χ2v) is 11.5. The van der Waals surface area contributed by atoms with Gasteiger partial charge in [-0.15, -0.1) is 0 Å². The fourth-order valence-corrected chi connectivity index (χ4v) is 6.41. The topological polar surface area (TPSA) is 80.0 Å². The lowest BCUT2D eigenvalue weighted by Crippen LogP contribution is -2.32. The van der Waals surface area contributed by atoms with Crippen molar-refractivity contribution < 1.29 is 31.8 Å². The monoisotopic (exact) mass is 609 g/mol. The van der Waals surface area contributed by atoms with Gasteiger partial charge in [-0.05, 0) is 56.5 Å². The third-order valence-electron chi connectivity index (χ3n) is 7.82. The molecule has 1 aliphatic heterocycles. The van der Waals surface area contributed by atoms with Crippen LogP contribution in [0.4, 0.5) is 17.6 Å². The second-order valence-electron chi connectivity index (χ2n) is 10.5. The molecule has 2 aromatic heterocycles. The van der Waals surface area contributed by atoms with Gasteiger partial charge in [-0.3, -0.25) is 4.79 Å². The van der Waals surface area contributed by atoms with E-state index in [-0.39, 0.29) is 34.7 Å². The fourth-order valence-electron chi connectivity index (χ4n) is 5.49. The molecule has 6 nitrogen and oxygen atoms in total. The number of imidazole rings is 1. The summed E-state index contributed by atoms with van der Waals surface area (Å²) in [6.45, 7) is 4.55. The molecule has 6 rings (SSSR count). The van der Waals surface area contributed by atoms with Crippen LogP contribution in [0.5, 0.6) is 5.75 Å². The SMILES string of the molecule is CCOC(=O)CCc1cccc2c1OCC[C@]2(C)c1cnc(-c2cc(Sc3c(F)c(F)c4[nH]ccc4c3F)ccc2F)[nH]1. The Hall–Kier alpha value is -4.25. The molecule has 3 aromatic carbocycles. The predicted octanol–water partition coefficient (Wildman–Crippen LogP) is 7.85. The number of esters is 1. The van der Waals surface area contributed by atoms with Crippen LogP contribution in [0.25, 0.3) is 22.3 Å². The molecule has 1 atom stereocenters. The maximum absolute atomic E-state index is 15.1. The molecule has 0 fully saturated rings. The van der Waals surface area contributed by atoms with Crippen LogP contribution in [0.15, 0.2) is 64.6 Å². The van der Waals surface area contributed by atoms with Crippen molar-refractivity contribution in [3.63, 3.8) is 0 Å². The zero-order valence-corrected chi connectivity index (χ0v) is 24.1. The summed E-state index contributed by atoms with van der Waals surface area (Å²) in [5.74, 6) is -3.34. The summed E-state index contributed by atoms with van der Waals surface area (Å²) in [5, 5.41) is -0.0755. The van der Waals surface area contributed by atoms with Crippen LogP contribution in [0.1, 0.15) is 43.5 Å². The summed E-state index contributed by atoms with van der Waals surface area (Å²) in [6, 6.07) is 11.1. The van der Waals surface area contributed by atoms with Gasteiger partial charge in [-0.25, -0.2) is 22.5 Å². The van der Waals surface area contributed by atoms with Crippen LogP contribution in [-0.2, 0) is 21.4 Å². The third kappa shape index (κ3) is 5.15. The first-order chi connectivity index (χ1) is 20.7. The number of hydrogen-bond acceptors (Lipinski definition) is 5. The molecule has 0 saturated carbocycles. The van der Waals surface area contributed by atoms with Crippen LogP contribution in [0.2, 0.25) is 0 Å². The molecule has 43 heavy (non-hydrogen) atoms. The Morgan fingerprint density at radius 2 is 1.95 bits per heavy atom. The minimum atomic E-state index is -1.32. The number of carbonyl (C=O) groups excluding carboxylic acids is 1. The molecule has 0 saturated heterocycles. The number of fused-ring (bicyclic) bond motifs is 2. The van der Waals surface area contributed by atoms with Crippen molar-refractivity contribution in [1.29, 1.82) is 0 Å². The molecule has 0 bridgehead atoms. The number of halogens is 4. The standard InChI is InChI=1S/C32H27F4N3O3S/c1-3-41-24(40)10-7-17-5-4-6-21-29(17)42-14-12-32(21,2)23-16-38-31(39-23)20-15-18(8-9-22(20)33)43-30-25(34)19-11-13-37-28(19)26(35)27(30)36/h4-6,8-9,11,13,15-16,37H,3,7,10,12,14H2,1-2H3,(H,38,39)/t32-/m0/s1. The van der Waals surface area contributed by atoms with E-state index in [1.165, 1.54) is 30.5 Å². The minimum Gasteiger partial charge on any atom is -0.493 e. The summed E-state index contributed by atoms with van der Waals surface area (Å²) in [7, 11) is 0. The number of aryl methyl sites for hydroxylation is 1. The van der Waals surface area contributed by atoms with Gasteiger partial charge in [0.05, 0.1) is 29.2 Å².